The third kappa shape index (κ3) is 7.07. The summed E-state index contributed by atoms with van der Waals surface area (Å²) in [5.41, 5.74) is 1.13. The van der Waals surface area contributed by atoms with Gasteiger partial charge in [-0.3, -0.25) is 19.1 Å². The van der Waals surface area contributed by atoms with Gasteiger partial charge >= 0.3 is 0 Å². The topological polar surface area (TPSA) is 158 Å². The van der Waals surface area contributed by atoms with Crippen molar-refractivity contribution in [1.29, 1.82) is 5.26 Å². The van der Waals surface area contributed by atoms with Gasteiger partial charge in [-0.2, -0.15) is 5.26 Å². The monoisotopic (exact) mass is 554 g/mol. The molecular formula is C27H32N5O6S-. The zero-order valence-electron chi connectivity index (χ0n) is 21.6. The lowest BCUT2D eigenvalue weighted by Gasteiger charge is -2.19. The van der Waals surface area contributed by atoms with Crippen molar-refractivity contribution in [1.82, 2.24) is 20.2 Å². The molecule has 1 amide bonds. The van der Waals surface area contributed by atoms with Gasteiger partial charge in [0.1, 0.15) is 17.7 Å². The summed E-state index contributed by atoms with van der Waals surface area (Å²) in [5, 5.41) is 15.3. The highest BCUT2D eigenvalue weighted by molar-refractivity contribution is 7.81. The minimum Gasteiger partial charge on any atom is -0.772 e. The fraction of sp³-hybridized carbons (Fsp3) is 0.407. The molecule has 2 fully saturated rings. The zero-order valence-corrected chi connectivity index (χ0v) is 22.4. The predicted molar refractivity (Wildman–Crippen MR) is 146 cm³/mol. The highest BCUT2D eigenvalue weighted by Crippen LogP contribution is 2.41. The van der Waals surface area contributed by atoms with Gasteiger partial charge in [0.05, 0.1) is 23.1 Å². The lowest BCUT2D eigenvalue weighted by atomic mass is 10.1. The largest absolute Gasteiger partial charge is 0.772 e. The summed E-state index contributed by atoms with van der Waals surface area (Å²) in [4.78, 5) is 29.7. The number of hydrogen-bond donors (Lipinski definition) is 2. The predicted octanol–water partition coefficient (Wildman–Crippen LogP) is 2.12. The van der Waals surface area contributed by atoms with E-state index in [2.05, 4.69) is 15.6 Å². The average Bonchev–Trinajstić information content (AvgIpc) is 3.79. The molecule has 0 radical (unpaired) electrons. The number of nitrogens with zero attached hydrogens (tertiary/aromatic N) is 3. The van der Waals surface area contributed by atoms with Crippen molar-refractivity contribution in [2.75, 3.05) is 26.5 Å². The standard InChI is InChI=1S/C22H20N4O5S.C5H11NO.H2/c1-26-18-16(6-9-24-20(18)31-13-22(7-8-22)32(29)30)10-17(21(26)28)19(27)25-12-15-4-2-14(11-23)3-5-15;1-2-4-7-5-6-3-1;/h2-6,9-10H,7-8,12-13H2,1H3,(H,25,27)(H,29,30);6H,1-5H2;1H/p-1. The quantitative estimate of drug-likeness (QED) is 0.417. The number of aromatic nitrogens is 2. The number of carbonyl (C=O) groups excluding carboxylic acids is 1. The summed E-state index contributed by atoms with van der Waals surface area (Å²) in [6, 6.07) is 11.9. The molecule has 2 aromatic heterocycles. The molecule has 1 saturated heterocycles. The summed E-state index contributed by atoms with van der Waals surface area (Å²) in [7, 11) is 1.51. The van der Waals surface area contributed by atoms with Crippen LogP contribution < -0.4 is 20.9 Å². The number of benzene rings is 1. The van der Waals surface area contributed by atoms with Gasteiger partial charge in [-0.15, -0.1) is 0 Å². The highest BCUT2D eigenvalue weighted by Gasteiger charge is 2.45. The summed E-state index contributed by atoms with van der Waals surface area (Å²) in [5.74, 6) is -0.391. The number of ether oxygens (including phenoxy) is 2. The fourth-order valence-corrected chi connectivity index (χ4v) is 4.60. The fourth-order valence-electron chi connectivity index (χ4n) is 4.01. The van der Waals surface area contributed by atoms with Crippen molar-refractivity contribution in [2.45, 2.75) is 37.0 Å². The first kappa shape index (κ1) is 28.4. The molecule has 1 aliphatic carbocycles. The first-order chi connectivity index (χ1) is 18.8. The summed E-state index contributed by atoms with van der Waals surface area (Å²) in [6.45, 7) is 2.97. The highest BCUT2D eigenvalue weighted by atomic mass is 32.2. The Morgan fingerprint density at radius 1 is 1.33 bits per heavy atom. The number of nitriles is 1. The molecule has 1 unspecified atom stereocenters. The van der Waals surface area contributed by atoms with Crippen molar-refractivity contribution in [3.63, 3.8) is 0 Å². The molecule has 208 valence electrons. The van der Waals surface area contributed by atoms with Crippen LogP contribution in [0.2, 0.25) is 0 Å². The molecule has 1 saturated carbocycles. The molecule has 39 heavy (non-hydrogen) atoms. The van der Waals surface area contributed by atoms with E-state index in [-0.39, 0.29) is 26.0 Å². The SMILES string of the molecule is C1CCOCNC1.Cn1c(=O)c(C(=O)NCc2ccc(C#N)cc2)cc2ccnc(OCC3(S(=O)[O-])CC3)c21.[HH]. The molecule has 0 spiro atoms. The first-order valence-corrected chi connectivity index (χ1v) is 13.7. The van der Waals surface area contributed by atoms with Crippen molar-refractivity contribution in [3.05, 3.63) is 69.6 Å². The van der Waals surface area contributed by atoms with Crippen LogP contribution in [0.15, 0.2) is 47.4 Å². The molecule has 1 aliphatic heterocycles. The molecule has 12 heteroatoms. The Morgan fingerprint density at radius 3 is 2.79 bits per heavy atom. The van der Waals surface area contributed by atoms with Gasteiger partial charge in [0, 0.05) is 33.2 Å². The van der Waals surface area contributed by atoms with E-state index in [1.165, 1.54) is 36.7 Å². The van der Waals surface area contributed by atoms with Gasteiger partial charge < -0.3 is 23.9 Å². The summed E-state index contributed by atoms with van der Waals surface area (Å²) >= 11 is -2.25. The maximum absolute atomic E-state index is 12.9. The van der Waals surface area contributed by atoms with Gasteiger partial charge in [0.2, 0.25) is 5.88 Å². The Labute approximate surface area is 229 Å². The Morgan fingerprint density at radius 2 is 2.10 bits per heavy atom. The maximum Gasteiger partial charge on any atom is 0.263 e. The molecule has 1 aromatic carbocycles. The van der Waals surface area contributed by atoms with Gasteiger partial charge in [-0.1, -0.05) is 12.1 Å². The number of rotatable bonds is 7. The van der Waals surface area contributed by atoms with Gasteiger partial charge in [-0.05, 0) is 73.1 Å². The van der Waals surface area contributed by atoms with Gasteiger partial charge in [-0.25, -0.2) is 4.98 Å². The molecular weight excluding hydrogens is 522 g/mol. The smallest absolute Gasteiger partial charge is 0.263 e. The molecule has 3 aromatic rings. The van der Waals surface area contributed by atoms with E-state index in [9.17, 15) is 18.4 Å². The van der Waals surface area contributed by atoms with Crippen molar-refractivity contribution < 1.29 is 24.5 Å². The number of aryl methyl sites for hydroxylation is 1. The molecule has 2 N–H and O–H groups in total. The molecule has 3 heterocycles. The van der Waals surface area contributed by atoms with Crippen molar-refractivity contribution in [3.8, 4) is 11.9 Å². The number of fused-ring (bicyclic) bond motifs is 1. The zero-order chi connectivity index (χ0) is 27.8. The summed E-state index contributed by atoms with van der Waals surface area (Å²) in [6.07, 6.45) is 5.01. The van der Waals surface area contributed by atoms with Crippen LogP contribution in [0.3, 0.4) is 0 Å². The second kappa shape index (κ2) is 12.9. The van der Waals surface area contributed by atoms with Crippen LogP contribution in [0.5, 0.6) is 5.88 Å². The number of amides is 1. The number of carbonyl (C=O) groups is 1. The van der Waals surface area contributed by atoms with Crippen LogP contribution in [0.4, 0.5) is 0 Å². The lowest BCUT2D eigenvalue weighted by molar-refractivity contribution is 0.0949. The Kier molecular flexibility index (Phi) is 9.42. The van der Waals surface area contributed by atoms with E-state index in [0.717, 1.165) is 25.4 Å². The second-order valence-corrected chi connectivity index (χ2v) is 10.8. The molecule has 11 nitrogen and oxygen atoms in total. The van der Waals surface area contributed by atoms with E-state index >= 15 is 0 Å². The van der Waals surface area contributed by atoms with Crippen LogP contribution in [0.1, 0.15) is 48.6 Å². The van der Waals surface area contributed by atoms with E-state index in [1.807, 2.05) is 6.07 Å². The Bertz CT molecular complexity index is 1430. The third-order valence-electron chi connectivity index (χ3n) is 6.60. The molecule has 0 bridgehead atoms. The Hall–Kier alpha value is -3.63. The van der Waals surface area contributed by atoms with Gasteiger partial charge in [0.15, 0.2) is 0 Å². The summed E-state index contributed by atoms with van der Waals surface area (Å²) < 4.78 is 33.9. The van der Waals surface area contributed by atoms with Crippen LogP contribution in [0.25, 0.3) is 10.9 Å². The lowest BCUT2D eigenvalue weighted by Crippen LogP contribution is -2.32. The molecule has 5 rings (SSSR count). The van der Waals surface area contributed by atoms with E-state index in [4.69, 9.17) is 14.7 Å². The van der Waals surface area contributed by atoms with E-state index < -0.39 is 27.3 Å². The normalized spacial score (nSPS) is 16.6. The van der Waals surface area contributed by atoms with Crippen LogP contribution in [-0.4, -0.2) is 55.5 Å². The van der Waals surface area contributed by atoms with Gasteiger partial charge in [0.25, 0.3) is 11.5 Å². The Balaban J connectivity index is 0.000000482. The average molecular weight is 555 g/mol. The van der Waals surface area contributed by atoms with Crippen molar-refractivity contribution >= 4 is 27.9 Å². The second-order valence-electron chi connectivity index (χ2n) is 9.43. The van der Waals surface area contributed by atoms with Crippen LogP contribution in [-0.2, 0) is 29.4 Å². The minimum atomic E-state index is -2.25. The van der Waals surface area contributed by atoms with Crippen LogP contribution >= 0.6 is 0 Å². The first-order valence-electron chi connectivity index (χ1n) is 12.6. The van der Waals surface area contributed by atoms with E-state index in [0.29, 0.717) is 29.3 Å². The minimum absolute atomic E-state index is 0. The number of hydrogen-bond acceptors (Lipinski definition) is 9. The van der Waals surface area contributed by atoms with Crippen LogP contribution in [0, 0.1) is 11.3 Å². The third-order valence-corrected chi connectivity index (χ3v) is 7.84. The maximum atomic E-state index is 12.9. The van der Waals surface area contributed by atoms with E-state index in [1.54, 1.807) is 30.3 Å². The molecule has 1 atom stereocenters. The molecule has 2 aliphatic rings. The van der Waals surface area contributed by atoms with Crippen molar-refractivity contribution in [2.24, 2.45) is 7.05 Å². The number of pyridine rings is 2. The number of nitrogens with one attached hydrogen (secondary N) is 2.